The molecule has 0 spiro atoms. The van der Waals surface area contributed by atoms with Gasteiger partial charge in [-0.3, -0.25) is 0 Å². The standard InChI is InChI=1S/C9H16O3/c1-6-9(4,5)12-8(10)11-7(2)3/h6-7H,1H2,2-5H3. The molecule has 0 heterocycles. The van der Waals surface area contributed by atoms with Gasteiger partial charge >= 0.3 is 6.16 Å². The van der Waals surface area contributed by atoms with Crippen LogP contribution in [0.2, 0.25) is 0 Å². The molecule has 0 saturated carbocycles. The monoisotopic (exact) mass is 172 g/mol. The van der Waals surface area contributed by atoms with Crippen molar-refractivity contribution in [2.75, 3.05) is 0 Å². The first kappa shape index (κ1) is 11.0. The molecule has 70 valence electrons. The molecule has 0 aromatic rings. The summed E-state index contributed by atoms with van der Waals surface area (Å²) in [5, 5.41) is 0. The highest BCUT2D eigenvalue weighted by Crippen LogP contribution is 2.11. The van der Waals surface area contributed by atoms with Crippen LogP contribution in [-0.4, -0.2) is 17.9 Å². The van der Waals surface area contributed by atoms with E-state index in [4.69, 9.17) is 9.47 Å². The lowest BCUT2D eigenvalue weighted by molar-refractivity contribution is -0.00828. The molecule has 0 aromatic heterocycles. The third kappa shape index (κ3) is 4.77. The number of carbonyl (C=O) groups is 1. The Morgan fingerprint density at radius 2 is 2.00 bits per heavy atom. The zero-order valence-corrected chi connectivity index (χ0v) is 8.09. The van der Waals surface area contributed by atoms with Crippen LogP contribution in [0, 0.1) is 0 Å². The van der Waals surface area contributed by atoms with Crippen LogP contribution < -0.4 is 0 Å². The van der Waals surface area contributed by atoms with Crippen molar-refractivity contribution in [2.24, 2.45) is 0 Å². The fraction of sp³-hybridized carbons (Fsp3) is 0.667. The summed E-state index contributed by atoms with van der Waals surface area (Å²) in [5.74, 6) is 0. The van der Waals surface area contributed by atoms with Gasteiger partial charge in [-0.2, -0.15) is 0 Å². The van der Waals surface area contributed by atoms with Gasteiger partial charge < -0.3 is 9.47 Å². The third-order valence-corrected chi connectivity index (χ3v) is 1.17. The van der Waals surface area contributed by atoms with Crippen LogP contribution in [-0.2, 0) is 9.47 Å². The summed E-state index contributed by atoms with van der Waals surface area (Å²) in [6.45, 7) is 10.5. The van der Waals surface area contributed by atoms with E-state index in [1.165, 1.54) is 0 Å². The third-order valence-electron chi connectivity index (χ3n) is 1.17. The van der Waals surface area contributed by atoms with E-state index in [0.29, 0.717) is 0 Å². The van der Waals surface area contributed by atoms with Crippen LogP contribution >= 0.6 is 0 Å². The van der Waals surface area contributed by atoms with Gasteiger partial charge in [0.1, 0.15) is 5.60 Å². The van der Waals surface area contributed by atoms with Gasteiger partial charge in [0, 0.05) is 0 Å². The van der Waals surface area contributed by atoms with Crippen LogP contribution in [0.4, 0.5) is 4.79 Å². The van der Waals surface area contributed by atoms with Gasteiger partial charge in [0.2, 0.25) is 0 Å². The van der Waals surface area contributed by atoms with Crippen molar-refractivity contribution >= 4 is 6.16 Å². The number of rotatable bonds is 3. The summed E-state index contributed by atoms with van der Waals surface area (Å²) in [7, 11) is 0. The van der Waals surface area contributed by atoms with Crippen LogP contribution in [0.3, 0.4) is 0 Å². The van der Waals surface area contributed by atoms with Crippen molar-refractivity contribution in [2.45, 2.75) is 39.4 Å². The van der Waals surface area contributed by atoms with E-state index in [2.05, 4.69) is 6.58 Å². The minimum Gasteiger partial charge on any atom is -0.432 e. The molecule has 0 saturated heterocycles. The van der Waals surface area contributed by atoms with Crippen molar-refractivity contribution in [3.63, 3.8) is 0 Å². The van der Waals surface area contributed by atoms with Gasteiger partial charge in [-0.25, -0.2) is 4.79 Å². The fourth-order valence-corrected chi connectivity index (χ4v) is 0.473. The average molecular weight is 172 g/mol. The van der Waals surface area contributed by atoms with Crippen LogP contribution in [0.5, 0.6) is 0 Å². The molecule has 0 aromatic carbocycles. The SMILES string of the molecule is C=CC(C)(C)OC(=O)OC(C)C. The smallest absolute Gasteiger partial charge is 0.432 e. The second-order valence-electron chi connectivity index (χ2n) is 3.33. The highest BCUT2D eigenvalue weighted by Gasteiger charge is 2.19. The van der Waals surface area contributed by atoms with Gasteiger partial charge in [0.05, 0.1) is 6.10 Å². The fourth-order valence-electron chi connectivity index (χ4n) is 0.473. The first-order valence-electron chi connectivity index (χ1n) is 3.90. The summed E-state index contributed by atoms with van der Waals surface area (Å²) < 4.78 is 9.70. The first-order chi connectivity index (χ1) is 5.37. The van der Waals surface area contributed by atoms with Crippen molar-refractivity contribution in [3.8, 4) is 0 Å². The van der Waals surface area contributed by atoms with Crippen molar-refractivity contribution in [1.82, 2.24) is 0 Å². The lowest BCUT2D eigenvalue weighted by atomic mass is 10.1. The highest BCUT2D eigenvalue weighted by atomic mass is 16.7. The zero-order valence-electron chi connectivity index (χ0n) is 8.09. The predicted molar refractivity (Wildman–Crippen MR) is 47.0 cm³/mol. The molecule has 0 unspecified atom stereocenters. The largest absolute Gasteiger partial charge is 0.509 e. The molecule has 0 aliphatic rings. The van der Waals surface area contributed by atoms with E-state index in [-0.39, 0.29) is 6.10 Å². The zero-order chi connectivity index (χ0) is 9.78. The normalized spacial score (nSPS) is 11.1. The van der Waals surface area contributed by atoms with E-state index >= 15 is 0 Å². The second-order valence-corrected chi connectivity index (χ2v) is 3.33. The van der Waals surface area contributed by atoms with Gasteiger partial charge in [-0.15, -0.1) is 0 Å². The van der Waals surface area contributed by atoms with Gasteiger partial charge in [-0.1, -0.05) is 6.58 Å². The topological polar surface area (TPSA) is 35.5 Å². The summed E-state index contributed by atoms with van der Waals surface area (Å²) >= 11 is 0. The maximum absolute atomic E-state index is 10.9. The maximum atomic E-state index is 10.9. The molecule has 0 bridgehead atoms. The Morgan fingerprint density at radius 3 is 2.33 bits per heavy atom. The number of hydrogen-bond acceptors (Lipinski definition) is 3. The lowest BCUT2D eigenvalue weighted by Crippen LogP contribution is -2.27. The van der Waals surface area contributed by atoms with Gasteiger partial charge in [0.15, 0.2) is 0 Å². The molecule has 12 heavy (non-hydrogen) atoms. The van der Waals surface area contributed by atoms with E-state index in [0.717, 1.165) is 0 Å². The van der Waals surface area contributed by atoms with Crippen molar-refractivity contribution in [1.29, 1.82) is 0 Å². The molecule has 0 rings (SSSR count). The maximum Gasteiger partial charge on any atom is 0.509 e. The minimum absolute atomic E-state index is 0.155. The van der Waals surface area contributed by atoms with Crippen LogP contribution in [0.15, 0.2) is 12.7 Å². The quantitative estimate of drug-likeness (QED) is 0.484. The van der Waals surface area contributed by atoms with Gasteiger partial charge in [0.25, 0.3) is 0 Å². The molecule has 0 radical (unpaired) electrons. The molecular weight excluding hydrogens is 156 g/mol. The molecule has 3 heteroatoms. The second kappa shape index (κ2) is 4.14. The molecule has 0 atom stereocenters. The van der Waals surface area contributed by atoms with Gasteiger partial charge in [-0.05, 0) is 33.8 Å². The number of hydrogen-bond donors (Lipinski definition) is 0. The Bertz CT molecular complexity index is 171. The van der Waals surface area contributed by atoms with E-state index < -0.39 is 11.8 Å². The van der Waals surface area contributed by atoms with E-state index in [1.807, 2.05) is 0 Å². The molecule has 0 N–H and O–H groups in total. The minimum atomic E-state index is -0.661. The molecular formula is C9H16O3. The first-order valence-corrected chi connectivity index (χ1v) is 3.90. The summed E-state index contributed by atoms with van der Waals surface area (Å²) in [5.41, 5.74) is -0.661. The Hall–Kier alpha value is -0.990. The molecule has 0 amide bonds. The summed E-state index contributed by atoms with van der Waals surface area (Å²) in [4.78, 5) is 10.9. The van der Waals surface area contributed by atoms with Crippen LogP contribution in [0.25, 0.3) is 0 Å². The predicted octanol–water partition coefficient (Wildman–Crippen LogP) is 2.51. The van der Waals surface area contributed by atoms with Crippen molar-refractivity contribution in [3.05, 3.63) is 12.7 Å². The lowest BCUT2D eigenvalue weighted by Gasteiger charge is -2.20. The average Bonchev–Trinajstić information content (AvgIpc) is 1.84. The number of carbonyl (C=O) groups excluding carboxylic acids is 1. The van der Waals surface area contributed by atoms with Crippen LogP contribution in [0.1, 0.15) is 27.7 Å². The summed E-state index contributed by atoms with van der Waals surface area (Å²) in [6.07, 6.45) is 0.738. The van der Waals surface area contributed by atoms with Crippen molar-refractivity contribution < 1.29 is 14.3 Å². The highest BCUT2D eigenvalue weighted by molar-refractivity contribution is 5.61. The molecule has 0 fully saturated rings. The molecule has 0 aliphatic carbocycles. The van der Waals surface area contributed by atoms with E-state index in [9.17, 15) is 4.79 Å². The summed E-state index contributed by atoms with van der Waals surface area (Å²) in [6, 6.07) is 0. The molecule has 0 aliphatic heterocycles. The Labute approximate surface area is 73.4 Å². The Morgan fingerprint density at radius 1 is 1.50 bits per heavy atom. The Kier molecular flexibility index (Phi) is 3.80. The molecule has 3 nitrogen and oxygen atoms in total. The Balaban J connectivity index is 3.92. The number of ether oxygens (including phenoxy) is 2. The van der Waals surface area contributed by atoms with E-state index in [1.54, 1.807) is 33.8 Å².